The second-order valence-electron chi connectivity index (χ2n) is 7.35. The maximum Gasteiger partial charge on any atom is 0.293 e. The van der Waals surface area contributed by atoms with Crippen molar-refractivity contribution < 1.29 is 9.72 Å². The van der Waals surface area contributed by atoms with E-state index >= 15 is 0 Å². The van der Waals surface area contributed by atoms with Crippen LogP contribution in [0.25, 0.3) is 0 Å². The molecule has 1 aliphatic heterocycles. The number of hydrogen-bond acceptors (Lipinski definition) is 6. The maximum atomic E-state index is 12.7. The molecule has 1 N–H and O–H groups in total. The summed E-state index contributed by atoms with van der Waals surface area (Å²) in [4.78, 5) is 32.0. The third-order valence-electron chi connectivity index (χ3n) is 5.02. The zero-order chi connectivity index (χ0) is 20.3. The number of amides is 1. The van der Waals surface area contributed by atoms with Crippen LogP contribution in [0.5, 0.6) is 0 Å². The number of nitrogens with zero attached hydrogens (tertiary/aromatic N) is 4. The van der Waals surface area contributed by atoms with Crippen molar-refractivity contribution in [3.63, 3.8) is 0 Å². The van der Waals surface area contributed by atoms with E-state index in [-0.39, 0.29) is 11.3 Å². The fourth-order valence-corrected chi connectivity index (χ4v) is 3.37. The normalized spacial score (nSPS) is 14.6. The molecule has 1 aromatic carbocycles. The van der Waals surface area contributed by atoms with Crippen LogP contribution in [0.15, 0.2) is 36.5 Å². The van der Waals surface area contributed by atoms with Crippen LogP contribution in [0, 0.1) is 16.0 Å². The van der Waals surface area contributed by atoms with Gasteiger partial charge in [0.05, 0.1) is 10.6 Å². The molecule has 1 amide bonds. The lowest BCUT2D eigenvalue weighted by Crippen LogP contribution is -2.33. The molecule has 0 spiro atoms. The van der Waals surface area contributed by atoms with Crippen LogP contribution in [-0.2, 0) is 0 Å². The van der Waals surface area contributed by atoms with E-state index in [1.54, 1.807) is 35.4 Å². The number of rotatable bonds is 5. The molecule has 2 aromatic rings. The first kappa shape index (κ1) is 19.6. The number of carbonyl (C=O) groups is 1. The van der Waals surface area contributed by atoms with Crippen LogP contribution in [0.3, 0.4) is 0 Å². The van der Waals surface area contributed by atoms with Gasteiger partial charge < -0.3 is 15.1 Å². The van der Waals surface area contributed by atoms with Gasteiger partial charge in [-0.3, -0.25) is 14.9 Å². The van der Waals surface area contributed by atoms with E-state index in [0.29, 0.717) is 23.1 Å². The first-order valence-corrected chi connectivity index (χ1v) is 9.34. The molecule has 3 rings (SSSR count). The minimum absolute atomic E-state index is 0.0405. The van der Waals surface area contributed by atoms with Crippen molar-refractivity contribution in [2.45, 2.75) is 19.8 Å². The standard InChI is InChI=1S/C20H25N5O3/c1-14-8-11-24(12-9-14)17-7-6-15(13-18(17)25(27)28)20(26)22-16-5-4-10-21-19(16)23(2)3/h4-7,10,13-14H,8-9,11-12H2,1-3H3,(H,22,26). The summed E-state index contributed by atoms with van der Waals surface area (Å²) in [5, 5.41) is 14.4. The SMILES string of the molecule is CC1CCN(c2ccc(C(=O)Nc3cccnc3N(C)C)cc2[N+](=O)[O-])CC1. The van der Waals surface area contributed by atoms with Crippen LogP contribution in [0.4, 0.5) is 22.9 Å². The summed E-state index contributed by atoms with van der Waals surface area (Å²) in [7, 11) is 3.66. The second kappa shape index (κ2) is 8.24. The molecule has 0 radical (unpaired) electrons. The van der Waals surface area contributed by atoms with Gasteiger partial charge in [-0.05, 0) is 43.0 Å². The molecule has 148 valence electrons. The number of pyridine rings is 1. The molecule has 0 aliphatic carbocycles. The molecule has 1 aromatic heterocycles. The zero-order valence-electron chi connectivity index (χ0n) is 16.4. The fourth-order valence-electron chi connectivity index (χ4n) is 3.37. The number of aromatic nitrogens is 1. The van der Waals surface area contributed by atoms with Crippen LogP contribution in [-0.4, -0.2) is 43.0 Å². The summed E-state index contributed by atoms with van der Waals surface area (Å²) in [6.45, 7) is 3.77. The van der Waals surface area contributed by atoms with Gasteiger partial charge in [-0.25, -0.2) is 4.98 Å². The van der Waals surface area contributed by atoms with Crippen LogP contribution >= 0.6 is 0 Å². The first-order valence-electron chi connectivity index (χ1n) is 9.34. The average molecular weight is 383 g/mol. The van der Waals surface area contributed by atoms with Gasteiger partial charge in [-0.1, -0.05) is 6.92 Å². The van der Waals surface area contributed by atoms with E-state index in [4.69, 9.17) is 0 Å². The number of piperidine rings is 1. The highest BCUT2D eigenvalue weighted by Crippen LogP contribution is 2.32. The van der Waals surface area contributed by atoms with Crippen LogP contribution < -0.4 is 15.1 Å². The van der Waals surface area contributed by atoms with Crippen molar-refractivity contribution in [1.29, 1.82) is 0 Å². The summed E-state index contributed by atoms with van der Waals surface area (Å²) in [6, 6.07) is 8.15. The van der Waals surface area contributed by atoms with Crippen molar-refractivity contribution in [1.82, 2.24) is 4.98 Å². The third-order valence-corrected chi connectivity index (χ3v) is 5.02. The van der Waals surface area contributed by atoms with Gasteiger partial charge in [0.15, 0.2) is 5.82 Å². The predicted octanol–water partition coefficient (Wildman–Crippen LogP) is 3.54. The highest BCUT2D eigenvalue weighted by atomic mass is 16.6. The lowest BCUT2D eigenvalue weighted by Gasteiger charge is -2.31. The Labute approximate surface area is 164 Å². The Hall–Kier alpha value is -3.16. The Kier molecular flexibility index (Phi) is 5.77. The fraction of sp³-hybridized carbons (Fsp3) is 0.400. The van der Waals surface area contributed by atoms with E-state index in [2.05, 4.69) is 17.2 Å². The van der Waals surface area contributed by atoms with E-state index in [9.17, 15) is 14.9 Å². The predicted molar refractivity (Wildman–Crippen MR) is 110 cm³/mol. The largest absolute Gasteiger partial charge is 0.366 e. The molecule has 8 nitrogen and oxygen atoms in total. The molecule has 0 saturated carbocycles. The van der Waals surface area contributed by atoms with E-state index in [1.807, 2.05) is 19.0 Å². The number of nitro benzene ring substituents is 1. The molecule has 1 fully saturated rings. The molecule has 28 heavy (non-hydrogen) atoms. The summed E-state index contributed by atoms with van der Waals surface area (Å²) < 4.78 is 0. The highest BCUT2D eigenvalue weighted by Gasteiger charge is 2.25. The van der Waals surface area contributed by atoms with Gasteiger partial charge >= 0.3 is 0 Å². The third kappa shape index (κ3) is 4.21. The Bertz CT molecular complexity index is 876. The minimum atomic E-state index is -0.417. The average Bonchev–Trinajstić information content (AvgIpc) is 2.68. The molecule has 0 bridgehead atoms. The van der Waals surface area contributed by atoms with Gasteiger partial charge in [-0.15, -0.1) is 0 Å². The molecule has 0 unspecified atom stereocenters. The topological polar surface area (TPSA) is 91.6 Å². The summed E-state index contributed by atoms with van der Waals surface area (Å²) in [6.07, 6.45) is 3.66. The molecule has 2 heterocycles. The Morgan fingerprint density at radius 3 is 2.64 bits per heavy atom. The van der Waals surface area contributed by atoms with Crippen molar-refractivity contribution >= 4 is 28.8 Å². The number of nitrogens with one attached hydrogen (secondary N) is 1. The number of hydrogen-bond donors (Lipinski definition) is 1. The van der Waals surface area contributed by atoms with Gasteiger partial charge in [0.25, 0.3) is 11.6 Å². The molecular weight excluding hydrogens is 358 g/mol. The van der Waals surface area contributed by atoms with Crippen molar-refractivity contribution in [3.8, 4) is 0 Å². The van der Waals surface area contributed by atoms with Gasteiger partial charge in [-0.2, -0.15) is 0 Å². The van der Waals surface area contributed by atoms with Gasteiger partial charge in [0.2, 0.25) is 0 Å². The number of anilines is 3. The number of benzene rings is 1. The van der Waals surface area contributed by atoms with Crippen molar-refractivity contribution in [2.24, 2.45) is 5.92 Å². The Morgan fingerprint density at radius 1 is 1.29 bits per heavy atom. The lowest BCUT2D eigenvalue weighted by atomic mass is 9.98. The minimum Gasteiger partial charge on any atom is -0.366 e. The first-order chi connectivity index (χ1) is 13.4. The lowest BCUT2D eigenvalue weighted by molar-refractivity contribution is -0.384. The monoisotopic (exact) mass is 383 g/mol. The Morgan fingerprint density at radius 2 is 2.00 bits per heavy atom. The molecular formula is C20H25N5O3. The van der Waals surface area contributed by atoms with Gasteiger partial charge in [0.1, 0.15) is 5.69 Å². The van der Waals surface area contributed by atoms with Crippen LogP contribution in [0.1, 0.15) is 30.1 Å². The smallest absolute Gasteiger partial charge is 0.293 e. The maximum absolute atomic E-state index is 12.7. The molecule has 1 aliphatic rings. The zero-order valence-corrected chi connectivity index (χ0v) is 16.4. The Balaban J connectivity index is 1.86. The molecule has 1 saturated heterocycles. The van der Waals surface area contributed by atoms with E-state index in [1.165, 1.54) is 6.07 Å². The summed E-state index contributed by atoms with van der Waals surface area (Å²) in [5.41, 5.74) is 1.33. The molecule has 8 heteroatoms. The quantitative estimate of drug-likeness (QED) is 0.627. The summed E-state index contributed by atoms with van der Waals surface area (Å²) in [5.74, 6) is 0.841. The number of carbonyl (C=O) groups excluding carboxylic acids is 1. The van der Waals surface area contributed by atoms with E-state index in [0.717, 1.165) is 25.9 Å². The molecule has 0 atom stereocenters. The van der Waals surface area contributed by atoms with Crippen molar-refractivity contribution in [3.05, 3.63) is 52.2 Å². The second-order valence-corrected chi connectivity index (χ2v) is 7.35. The van der Waals surface area contributed by atoms with Gasteiger partial charge in [0, 0.05) is 45.0 Å². The van der Waals surface area contributed by atoms with E-state index < -0.39 is 10.8 Å². The highest BCUT2D eigenvalue weighted by molar-refractivity contribution is 6.06. The van der Waals surface area contributed by atoms with Crippen molar-refractivity contribution in [2.75, 3.05) is 42.3 Å². The van der Waals surface area contributed by atoms with Crippen LogP contribution in [0.2, 0.25) is 0 Å². The summed E-state index contributed by atoms with van der Waals surface area (Å²) >= 11 is 0. The number of nitro groups is 1.